The van der Waals surface area contributed by atoms with E-state index in [1.54, 1.807) is 48.8 Å². The molecule has 156 valence electrons. The molecule has 3 aromatic carbocycles. The van der Waals surface area contributed by atoms with E-state index >= 15 is 0 Å². The Labute approximate surface area is 189 Å². The lowest BCUT2D eigenvalue weighted by Gasteiger charge is -2.23. The van der Waals surface area contributed by atoms with Crippen molar-refractivity contribution in [2.75, 3.05) is 16.4 Å². The predicted molar refractivity (Wildman–Crippen MR) is 126 cm³/mol. The summed E-state index contributed by atoms with van der Waals surface area (Å²) in [6, 6.07) is 17.6. The van der Waals surface area contributed by atoms with Gasteiger partial charge < -0.3 is 16.4 Å². The minimum atomic E-state index is -0.283. The van der Waals surface area contributed by atoms with Crippen LogP contribution in [-0.2, 0) is 0 Å². The molecule has 0 amide bonds. The first-order valence-corrected chi connectivity index (χ1v) is 10.2. The van der Waals surface area contributed by atoms with E-state index in [-0.39, 0.29) is 28.4 Å². The second-order valence-corrected chi connectivity index (χ2v) is 7.69. The molecule has 0 aliphatic heterocycles. The normalized spacial score (nSPS) is 12.2. The number of carbonyl (C=O) groups is 2. The van der Waals surface area contributed by atoms with Crippen molar-refractivity contribution in [1.82, 2.24) is 9.97 Å². The van der Waals surface area contributed by atoms with Gasteiger partial charge in [0.25, 0.3) is 0 Å². The van der Waals surface area contributed by atoms with Crippen LogP contribution in [0.5, 0.6) is 0 Å². The van der Waals surface area contributed by atoms with Gasteiger partial charge in [-0.2, -0.15) is 0 Å². The third-order valence-electron chi connectivity index (χ3n) is 5.20. The van der Waals surface area contributed by atoms with E-state index in [9.17, 15) is 9.59 Å². The number of nitrogens with two attached hydrogens (primary N) is 1. The van der Waals surface area contributed by atoms with Crippen molar-refractivity contribution in [1.29, 1.82) is 0 Å². The maximum absolute atomic E-state index is 13.3. The summed E-state index contributed by atoms with van der Waals surface area (Å²) in [5.74, 6) is -0.0467. The van der Waals surface area contributed by atoms with Gasteiger partial charge in [0.2, 0.25) is 5.95 Å². The molecule has 4 N–H and O–H groups in total. The summed E-state index contributed by atoms with van der Waals surface area (Å²) >= 11 is 4.43. The average Bonchev–Trinajstić information content (AvgIpc) is 2.81. The lowest BCUT2D eigenvalue weighted by molar-refractivity contribution is 0.0980. The number of carbonyl (C=O) groups excluding carboxylic acids is 2. The van der Waals surface area contributed by atoms with Crippen molar-refractivity contribution in [2.24, 2.45) is 0 Å². The minimum Gasteiger partial charge on any atom is -0.397 e. The lowest BCUT2D eigenvalue weighted by atomic mass is 9.82. The van der Waals surface area contributed by atoms with Gasteiger partial charge in [-0.15, -0.1) is 12.6 Å². The molecule has 7 nitrogen and oxygen atoms in total. The molecule has 0 radical (unpaired) electrons. The fourth-order valence-corrected chi connectivity index (χ4v) is 3.93. The zero-order chi connectivity index (χ0) is 22.2. The molecule has 0 bridgehead atoms. The van der Waals surface area contributed by atoms with Gasteiger partial charge in [0, 0.05) is 39.8 Å². The molecule has 0 fully saturated rings. The fourth-order valence-electron chi connectivity index (χ4n) is 3.69. The minimum absolute atomic E-state index is 0.184. The van der Waals surface area contributed by atoms with Gasteiger partial charge in [-0.3, -0.25) is 9.59 Å². The Kier molecular flexibility index (Phi) is 4.84. The Hall–Kier alpha value is -4.17. The molecule has 0 saturated heterocycles. The van der Waals surface area contributed by atoms with E-state index < -0.39 is 0 Å². The number of nitrogens with zero attached hydrogens (tertiary/aromatic N) is 2. The summed E-state index contributed by atoms with van der Waals surface area (Å²) in [5.41, 5.74) is 9.52. The first-order valence-electron chi connectivity index (χ1n) is 9.78. The predicted octanol–water partition coefficient (Wildman–Crippen LogP) is 4.61. The van der Waals surface area contributed by atoms with Crippen LogP contribution in [0, 0.1) is 0 Å². The number of aromatic nitrogens is 2. The molecule has 0 atom stereocenters. The summed E-state index contributed by atoms with van der Waals surface area (Å²) in [6.07, 6.45) is 3.31. The first kappa shape index (κ1) is 19.8. The highest BCUT2D eigenvalue weighted by atomic mass is 32.1. The van der Waals surface area contributed by atoms with Gasteiger partial charge in [0.05, 0.1) is 22.5 Å². The molecule has 32 heavy (non-hydrogen) atoms. The molecule has 5 rings (SSSR count). The number of rotatable bonds is 4. The number of ketones is 2. The van der Waals surface area contributed by atoms with Crippen LogP contribution in [0.2, 0.25) is 0 Å². The monoisotopic (exact) mass is 439 g/mol. The maximum atomic E-state index is 13.3. The van der Waals surface area contributed by atoms with Crippen LogP contribution in [0.1, 0.15) is 31.8 Å². The largest absolute Gasteiger partial charge is 0.397 e. The van der Waals surface area contributed by atoms with Crippen LogP contribution in [0.25, 0.3) is 0 Å². The summed E-state index contributed by atoms with van der Waals surface area (Å²) in [6.45, 7) is 0. The van der Waals surface area contributed by atoms with E-state index in [0.717, 1.165) is 11.4 Å². The van der Waals surface area contributed by atoms with Crippen LogP contribution in [0.3, 0.4) is 0 Å². The van der Waals surface area contributed by atoms with Crippen molar-refractivity contribution >= 4 is 52.9 Å². The number of thiol groups is 1. The van der Waals surface area contributed by atoms with Crippen molar-refractivity contribution < 1.29 is 9.59 Å². The van der Waals surface area contributed by atoms with Crippen molar-refractivity contribution in [2.45, 2.75) is 4.90 Å². The summed E-state index contributed by atoms with van der Waals surface area (Å²) in [4.78, 5) is 35.1. The highest BCUT2D eigenvalue weighted by Gasteiger charge is 2.34. The van der Waals surface area contributed by atoms with Crippen molar-refractivity contribution in [3.8, 4) is 0 Å². The van der Waals surface area contributed by atoms with Crippen LogP contribution in [-0.4, -0.2) is 21.5 Å². The highest BCUT2D eigenvalue weighted by Crippen LogP contribution is 2.39. The number of anilines is 5. The number of hydrogen-bond donors (Lipinski definition) is 4. The fraction of sp³-hybridized carbons (Fsp3) is 0. The number of fused-ring (bicyclic) bond motifs is 2. The maximum Gasteiger partial charge on any atom is 0.227 e. The number of benzene rings is 3. The number of nitrogens with one attached hydrogen (secondary N) is 2. The molecule has 0 unspecified atom stereocenters. The third-order valence-corrected chi connectivity index (χ3v) is 5.57. The van der Waals surface area contributed by atoms with Gasteiger partial charge in [-0.25, -0.2) is 9.97 Å². The quantitative estimate of drug-likeness (QED) is 0.239. The van der Waals surface area contributed by atoms with E-state index in [4.69, 9.17) is 5.73 Å². The molecule has 8 heteroatoms. The Morgan fingerprint density at radius 2 is 1.31 bits per heavy atom. The van der Waals surface area contributed by atoms with Crippen LogP contribution >= 0.6 is 12.6 Å². The van der Waals surface area contributed by atoms with Gasteiger partial charge >= 0.3 is 0 Å². The summed E-state index contributed by atoms with van der Waals surface area (Å²) < 4.78 is 0. The van der Waals surface area contributed by atoms with Crippen LogP contribution < -0.4 is 16.4 Å². The lowest BCUT2D eigenvalue weighted by Crippen LogP contribution is -2.24. The van der Waals surface area contributed by atoms with Crippen LogP contribution in [0.15, 0.2) is 78.0 Å². The van der Waals surface area contributed by atoms with E-state index in [1.807, 2.05) is 24.3 Å². The van der Waals surface area contributed by atoms with E-state index in [0.29, 0.717) is 27.7 Å². The molecule has 1 heterocycles. The first-order chi connectivity index (χ1) is 15.5. The summed E-state index contributed by atoms with van der Waals surface area (Å²) in [7, 11) is 0. The number of nitrogen functional groups attached to an aromatic ring is 1. The SMILES string of the molecule is Nc1c(S)cc(Nc2ccc(Nc3ncccn3)cc2)c2c1C(=O)c1ccccc1C2=O. The molecule has 0 spiro atoms. The van der Waals surface area contributed by atoms with Crippen LogP contribution in [0.4, 0.5) is 28.7 Å². The van der Waals surface area contributed by atoms with E-state index in [1.165, 1.54) is 0 Å². The average molecular weight is 440 g/mol. The zero-order valence-electron chi connectivity index (χ0n) is 16.7. The van der Waals surface area contributed by atoms with Gasteiger partial charge in [0.1, 0.15) is 0 Å². The molecule has 1 aromatic heterocycles. The molecule has 1 aliphatic carbocycles. The number of hydrogen-bond acceptors (Lipinski definition) is 8. The topological polar surface area (TPSA) is 110 Å². The molecular weight excluding hydrogens is 422 g/mol. The Balaban J connectivity index is 1.51. The zero-order valence-corrected chi connectivity index (χ0v) is 17.6. The second-order valence-electron chi connectivity index (χ2n) is 7.21. The Morgan fingerprint density at radius 3 is 1.94 bits per heavy atom. The smallest absolute Gasteiger partial charge is 0.227 e. The Morgan fingerprint density at radius 1 is 0.750 bits per heavy atom. The van der Waals surface area contributed by atoms with Crippen molar-refractivity contribution in [3.05, 3.63) is 95.3 Å². The van der Waals surface area contributed by atoms with Crippen molar-refractivity contribution in [3.63, 3.8) is 0 Å². The molecule has 4 aromatic rings. The van der Waals surface area contributed by atoms with E-state index in [2.05, 4.69) is 33.2 Å². The molecular formula is C24H17N5O2S. The second kappa shape index (κ2) is 7.82. The van der Waals surface area contributed by atoms with Gasteiger partial charge in [-0.1, -0.05) is 24.3 Å². The molecule has 0 saturated carbocycles. The third kappa shape index (κ3) is 3.36. The van der Waals surface area contributed by atoms with Gasteiger partial charge in [0.15, 0.2) is 11.6 Å². The van der Waals surface area contributed by atoms with Gasteiger partial charge in [-0.05, 0) is 36.4 Å². The Bertz CT molecular complexity index is 1370. The highest BCUT2D eigenvalue weighted by molar-refractivity contribution is 7.80. The standard InChI is InChI=1S/C24H17N5O2S/c25-21-18(32)12-17(19-20(21)23(31)16-5-2-1-4-15(16)22(19)30)28-13-6-8-14(9-7-13)29-24-26-10-3-11-27-24/h1-12,28,32H,25H2,(H,26,27,29). The summed E-state index contributed by atoms with van der Waals surface area (Å²) in [5, 5.41) is 6.34. The molecule has 1 aliphatic rings.